The molecule has 0 aliphatic carbocycles. The molecule has 0 saturated carbocycles. The number of thiol groups is 1. The molecule has 1 heterocycles. The topological polar surface area (TPSA) is 15.8 Å². The number of hydrogen-bond donors (Lipinski definition) is 2. The lowest BCUT2D eigenvalue weighted by atomic mass is 10.2. The van der Waals surface area contributed by atoms with Crippen LogP contribution in [-0.4, -0.2) is 4.98 Å². The first-order valence-electron chi connectivity index (χ1n) is 3.72. The van der Waals surface area contributed by atoms with Gasteiger partial charge in [-0.15, -0.1) is 11.7 Å². The maximum Gasteiger partial charge on any atom is 0.0454 e. The molecule has 1 aromatic heterocycles. The van der Waals surface area contributed by atoms with E-state index in [2.05, 4.69) is 40.9 Å². The normalized spacial score (nSPS) is 10.8. The number of fused-ring (bicyclic) bond motifs is 1. The van der Waals surface area contributed by atoms with E-state index >= 15 is 0 Å². The Morgan fingerprint density at radius 3 is 3.08 bits per heavy atom. The summed E-state index contributed by atoms with van der Waals surface area (Å²) >= 11 is 4.12. The monoisotopic (exact) mass is 195 g/mol. The molecule has 3 heteroatoms. The predicted molar refractivity (Wildman–Crippen MR) is 58.6 cm³/mol. The van der Waals surface area contributed by atoms with Crippen LogP contribution in [0.2, 0.25) is 0 Å². The molecule has 0 fully saturated rings. The molecule has 0 spiro atoms. The summed E-state index contributed by atoms with van der Waals surface area (Å²) in [5, 5.41) is 1.27. The molecule has 62 valence electrons. The van der Waals surface area contributed by atoms with Crippen molar-refractivity contribution in [1.29, 1.82) is 0 Å². The van der Waals surface area contributed by atoms with Crippen LogP contribution in [-0.2, 0) is 5.75 Å². The maximum absolute atomic E-state index is 4.12. The molecular formula is C9H9NS2. The van der Waals surface area contributed by atoms with E-state index in [9.17, 15) is 0 Å². The highest BCUT2D eigenvalue weighted by Gasteiger charge is 1.95. The molecular weight excluding hydrogens is 186 g/mol. The first-order valence-corrected chi connectivity index (χ1v) is 5.76. The van der Waals surface area contributed by atoms with Crippen LogP contribution in [0.1, 0.15) is 5.56 Å². The van der Waals surface area contributed by atoms with Crippen molar-refractivity contribution >= 4 is 33.4 Å². The van der Waals surface area contributed by atoms with Gasteiger partial charge in [0.05, 0.1) is 0 Å². The van der Waals surface area contributed by atoms with Gasteiger partial charge in [-0.05, 0) is 29.1 Å². The van der Waals surface area contributed by atoms with Crippen molar-refractivity contribution in [3.63, 3.8) is 0 Å². The molecule has 0 unspecified atom stereocenters. The van der Waals surface area contributed by atoms with Crippen LogP contribution < -0.4 is 0 Å². The van der Waals surface area contributed by atoms with Crippen LogP contribution >= 0.6 is 22.5 Å². The van der Waals surface area contributed by atoms with Crippen LogP contribution in [0, 0.1) is 0 Å². The fourth-order valence-electron chi connectivity index (χ4n) is 1.27. The number of nitrogens with one attached hydrogen (secondary N) is 1. The average Bonchev–Trinajstić information content (AvgIpc) is 2.51. The van der Waals surface area contributed by atoms with Crippen molar-refractivity contribution in [2.24, 2.45) is 0 Å². The summed E-state index contributed by atoms with van der Waals surface area (Å²) in [4.78, 5) is 3.16. The van der Waals surface area contributed by atoms with Gasteiger partial charge in [0, 0.05) is 17.5 Å². The summed E-state index contributed by atoms with van der Waals surface area (Å²) in [5.41, 5.74) is 2.52. The van der Waals surface area contributed by atoms with Crippen molar-refractivity contribution in [3.8, 4) is 0 Å². The van der Waals surface area contributed by atoms with E-state index in [4.69, 9.17) is 0 Å². The molecule has 2 rings (SSSR count). The number of H-pyrrole nitrogens is 1. The van der Waals surface area contributed by atoms with Gasteiger partial charge in [0.25, 0.3) is 0 Å². The highest BCUT2D eigenvalue weighted by Crippen LogP contribution is 2.19. The van der Waals surface area contributed by atoms with Gasteiger partial charge in [-0.2, -0.15) is 0 Å². The standard InChI is InChI=1S/C9H9NS2/c11-12-6-7-1-2-9-8(5-7)3-4-10-9/h1-5,10-11H,6H2. The summed E-state index contributed by atoms with van der Waals surface area (Å²) in [7, 11) is 1.55. The molecule has 0 bridgehead atoms. The Morgan fingerprint density at radius 1 is 1.33 bits per heavy atom. The minimum absolute atomic E-state index is 0.963. The van der Waals surface area contributed by atoms with Gasteiger partial charge in [0.15, 0.2) is 0 Å². The van der Waals surface area contributed by atoms with Gasteiger partial charge in [0.2, 0.25) is 0 Å². The molecule has 12 heavy (non-hydrogen) atoms. The van der Waals surface area contributed by atoms with E-state index < -0.39 is 0 Å². The minimum Gasteiger partial charge on any atom is -0.361 e. The number of rotatable bonds is 2. The zero-order valence-electron chi connectivity index (χ0n) is 6.45. The highest BCUT2D eigenvalue weighted by molar-refractivity contribution is 8.68. The lowest BCUT2D eigenvalue weighted by molar-refractivity contribution is 1.43. The van der Waals surface area contributed by atoms with Gasteiger partial charge in [-0.1, -0.05) is 16.9 Å². The quantitative estimate of drug-likeness (QED) is 0.555. The van der Waals surface area contributed by atoms with E-state index in [0.717, 1.165) is 5.75 Å². The summed E-state index contributed by atoms with van der Waals surface area (Å²) in [6.45, 7) is 0. The van der Waals surface area contributed by atoms with E-state index in [1.807, 2.05) is 6.20 Å². The van der Waals surface area contributed by atoms with Crippen LogP contribution in [0.25, 0.3) is 10.9 Å². The third-order valence-electron chi connectivity index (χ3n) is 1.85. The van der Waals surface area contributed by atoms with Gasteiger partial charge in [-0.3, -0.25) is 0 Å². The molecule has 0 saturated heterocycles. The van der Waals surface area contributed by atoms with Gasteiger partial charge >= 0.3 is 0 Å². The summed E-state index contributed by atoms with van der Waals surface area (Å²) in [6, 6.07) is 8.51. The SMILES string of the molecule is SSCc1ccc2[nH]ccc2c1. The Bertz CT molecular complexity index is 381. The van der Waals surface area contributed by atoms with Crippen LogP contribution in [0.15, 0.2) is 30.5 Å². The summed E-state index contributed by atoms with van der Waals surface area (Å²) in [6.07, 6.45) is 1.96. The second-order valence-corrected chi connectivity index (χ2v) is 3.99. The second-order valence-electron chi connectivity index (χ2n) is 2.67. The molecule has 0 aliphatic heterocycles. The van der Waals surface area contributed by atoms with E-state index in [1.54, 1.807) is 10.8 Å². The maximum atomic E-state index is 4.12. The predicted octanol–water partition coefficient (Wildman–Crippen LogP) is 3.25. The first kappa shape index (κ1) is 8.08. The second kappa shape index (κ2) is 3.46. The fraction of sp³-hybridized carbons (Fsp3) is 0.111. The Labute approximate surface area is 80.4 Å². The number of hydrogen-bond acceptors (Lipinski definition) is 2. The Balaban J connectivity index is 2.46. The Hall–Kier alpha value is -0.540. The van der Waals surface area contributed by atoms with Crippen molar-refractivity contribution in [2.45, 2.75) is 5.75 Å². The third-order valence-corrected chi connectivity index (χ3v) is 2.70. The summed E-state index contributed by atoms with van der Waals surface area (Å²) < 4.78 is 0. The van der Waals surface area contributed by atoms with Crippen molar-refractivity contribution in [3.05, 3.63) is 36.0 Å². The number of benzene rings is 1. The van der Waals surface area contributed by atoms with E-state index in [-0.39, 0.29) is 0 Å². The fourth-order valence-corrected chi connectivity index (χ4v) is 2.04. The average molecular weight is 195 g/mol. The smallest absolute Gasteiger partial charge is 0.0454 e. The third kappa shape index (κ3) is 1.47. The van der Waals surface area contributed by atoms with E-state index in [1.165, 1.54) is 16.5 Å². The van der Waals surface area contributed by atoms with Crippen LogP contribution in [0.5, 0.6) is 0 Å². The van der Waals surface area contributed by atoms with Gasteiger partial charge < -0.3 is 4.98 Å². The molecule has 0 amide bonds. The van der Waals surface area contributed by atoms with E-state index in [0.29, 0.717) is 0 Å². The summed E-state index contributed by atoms with van der Waals surface area (Å²) in [5.74, 6) is 0.963. The van der Waals surface area contributed by atoms with Crippen molar-refractivity contribution < 1.29 is 0 Å². The van der Waals surface area contributed by atoms with Crippen LogP contribution in [0.4, 0.5) is 0 Å². The van der Waals surface area contributed by atoms with Crippen LogP contribution in [0.3, 0.4) is 0 Å². The zero-order valence-corrected chi connectivity index (χ0v) is 8.16. The minimum atomic E-state index is 0.963. The highest BCUT2D eigenvalue weighted by atomic mass is 33.1. The molecule has 2 aromatic rings. The first-order chi connectivity index (χ1) is 5.90. The Kier molecular flexibility index (Phi) is 2.33. The largest absolute Gasteiger partial charge is 0.361 e. The lowest BCUT2D eigenvalue weighted by Crippen LogP contribution is -1.76. The van der Waals surface area contributed by atoms with Crippen molar-refractivity contribution in [1.82, 2.24) is 4.98 Å². The molecule has 1 aromatic carbocycles. The van der Waals surface area contributed by atoms with Crippen molar-refractivity contribution in [2.75, 3.05) is 0 Å². The lowest BCUT2D eigenvalue weighted by Gasteiger charge is -1.96. The van der Waals surface area contributed by atoms with Gasteiger partial charge in [-0.25, -0.2) is 0 Å². The molecule has 1 N–H and O–H groups in total. The zero-order chi connectivity index (χ0) is 8.39. The molecule has 0 aliphatic rings. The number of aromatic amines is 1. The number of aromatic nitrogens is 1. The Morgan fingerprint density at radius 2 is 2.25 bits per heavy atom. The van der Waals surface area contributed by atoms with Gasteiger partial charge in [0.1, 0.15) is 0 Å². The molecule has 0 radical (unpaired) electrons. The molecule has 1 nitrogen and oxygen atoms in total. The molecule has 0 atom stereocenters.